The van der Waals surface area contributed by atoms with E-state index in [2.05, 4.69) is 0 Å². The van der Waals surface area contributed by atoms with Gasteiger partial charge >= 0.3 is 0 Å². The normalized spacial score (nSPS) is 44.2. The number of ether oxygens (including phenoxy) is 4. The number of hydrogen-bond donors (Lipinski definition) is 9. The molecule has 29 heavy (non-hydrogen) atoms. The molecular weight excluding hydrogens is 422 g/mol. The predicted octanol–water partition coefficient (Wildman–Crippen LogP) is -5.63. The fourth-order valence-electron chi connectivity index (χ4n) is 3.06. The van der Waals surface area contributed by atoms with Crippen molar-refractivity contribution in [2.45, 2.75) is 67.5 Å². The zero-order valence-electron chi connectivity index (χ0n) is 15.4. The minimum Gasteiger partial charge on any atom is -0.394 e. The zero-order chi connectivity index (χ0) is 21.0. The molecule has 2 aliphatic rings. The van der Waals surface area contributed by atoms with Gasteiger partial charge in [-0.25, -0.2) is 0 Å². The lowest BCUT2D eigenvalue weighted by molar-refractivity contribution is -0.298. The highest BCUT2D eigenvalue weighted by Crippen LogP contribution is 2.24. The van der Waals surface area contributed by atoms with Crippen LogP contribution in [-0.2, 0) is 18.9 Å². The van der Waals surface area contributed by atoms with Gasteiger partial charge in [0.05, 0.1) is 32.5 Å². The number of hydrogen-bond acceptors (Lipinski definition) is 13. The monoisotopic (exact) mass is 451 g/mol. The van der Waals surface area contributed by atoms with Gasteiger partial charge in [-0.3, -0.25) is 0 Å². The van der Waals surface area contributed by atoms with Crippen molar-refractivity contribution in [3.63, 3.8) is 0 Å². The van der Waals surface area contributed by atoms with Crippen LogP contribution in [0.15, 0.2) is 0 Å². The van der Waals surface area contributed by atoms with E-state index in [9.17, 15) is 40.9 Å². The Balaban J connectivity index is 0.00000420. The molecule has 0 radical (unpaired) electrons. The SMILES string of the molecule is Cl.NC(CO[C@H]1[C@H](O)[C@H](O)C(O)O[C@@H]1CO)CO[C@H]1[C@H](O)[C@H](O)C(O)O[C@@H]1CO. The molecule has 0 aliphatic carbocycles. The van der Waals surface area contributed by atoms with Crippen LogP contribution in [0.5, 0.6) is 0 Å². The summed E-state index contributed by atoms with van der Waals surface area (Å²) in [4.78, 5) is 0. The Morgan fingerprint density at radius 3 is 1.34 bits per heavy atom. The molecule has 174 valence electrons. The molecule has 0 aromatic heterocycles. The van der Waals surface area contributed by atoms with Gasteiger partial charge in [-0.2, -0.15) is 0 Å². The Hall–Kier alpha value is -0.230. The first kappa shape index (κ1) is 26.8. The highest BCUT2D eigenvalue weighted by atomic mass is 35.5. The molecule has 0 saturated carbocycles. The first-order valence-electron chi connectivity index (χ1n) is 8.81. The fraction of sp³-hybridized carbons (Fsp3) is 1.00. The second-order valence-corrected chi connectivity index (χ2v) is 6.81. The van der Waals surface area contributed by atoms with Gasteiger partial charge in [0.25, 0.3) is 0 Å². The van der Waals surface area contributed by atoms with E-state index in [0.29, 0.717) is 0 Å². The van der Waals surface area contributed by atoms with Gasteiger partial charge in [0.1, 0.15) is 48.8 Å². The number of aliphatic hydroxyl groups excluding tert-OH is 8. The largest absolute Gasteiger partial charge is 0.394 e. The quantitative estimate of drug-likeness (QED) is 0.168. The number of aliphatic hydroxyl groups is 8. The lowest BCUT2D eigenvalue weighted by Crippen LogP contribution is -2.60. The van der Waals surface area contributed by atoms with Crippen LogP contribution in [0.4, 0.5) is 0 Å². The van der Waals surface area contributed by atoms with E-state index in [1.165, 1.54) is 0 Å². The van der Waals surface area contributed by atoms with Crippen molar-refractivity contribution in [2.75, 3.05) is 26.4 Å². The molecule has 10 N–H and O–H groups in total. The molecule has 0 aromatic rings. The van der Waals surface area contributed by atoms with E-state index in [4.69, 9.17) is 24.7 Å². The molecule has 13 nitrogen and oxygen atoms in total. The maximum Gasteiger partial charge on any atom is 0.184 e. The predicted molar refractivity (Wildman–Crippen MR) is 94.7 cm³/mol. The van der Waals surface area contributed by atoms with Crippen LogP contribution in [0.3, 0.4) is 0 Å². The minimum atomic E-state index is -1.67. The van der Waals surface area contributed by atoms with Crippen molar-refractivity contribution in [1.82, 2.24) is 0 Å². The molecule has 0 aromatic carbocycles. The second kappa shape index (κ2) is 12.0. The Morgan fingerprint density at radius 2 is 1.03 bits per heavy atom. The minimum absolute atomic E-state index is 0. The Bertz CT molecular complexity index is 435. The van der Waals surface area contributed by atoms with Crippen molar-refractivity contribution < 1.29 is 59.8 Å². The van der Waals surface area contributed by atoms with Gasteiger partial charge in [-0.05, 0) is 0 Å². The molecule has 2 unspecified atom stereocenters. The van der Waals surface area contributed by atoms with Crippen molar-refractivity contribution in [3.05, 3.63) is 0 Å². The third-order valence-corrected chi connectivity index (χ3v) is 4.68. The molecule has 0 amide bonds. The first-order valence-corrected chi connectivity index (χ1v) is 8.81. The highest BCUT2D eigenvalue weighted by molar-refractivity contribution is 5.85. The molecule has 14 heteroatoms. The van der Waals surface area contributed by atoms with E-state index in [1.807, 2.05) is 0 Å². The summed E-state index contributed by atoms with van der Waals surface area (Å²) in [5.41, 5.74) is 5.85. The Morgan fingerprint density at radius 1 is 0.690 bits per heavy atom. The molecule has 2 heterocycles. The van der Waals surface area contributed by atoms with Gasteiger partial charge < -0.3 is 65.5 Å². The maximum absolute atomic E-state index is 9.98. The smallest absolute Gasteiger partial charge is 0.184 e. The number of rotatable bonds is 8. The lowest BCUT2D eigenvalue weighted by atomic mass is 9.99. The van der Waals surface area contributed by atoms with Crippen LogP contribution in [0.25, 0.3) is 0 Å². The highest BCUT2D eigenvalue weighted by Gasteiger charge is 2.46. The molecule has 2 aliphatic heterocycles. The van der Waals surface area contributed by atoms with E-state index in [-0.39, 0.29) is 25.6 Å². The van der Waals surface area contributed by atoms with Crippen LogP contribution in [0, 0.1) is 0 Å². The lowest BCUT2D eigenvalue weighted by Gasteiger charge is -2.41. The van der Waals surface area contributed by atoms with E-state index < -0.39 is 80.7 Å². The summed E-state index contributed by atoms with van der Waals surface area (Å²) in [5, 5.41) is 76.7. The van der Waals surface area contributed by atoms with Crippen LogP contribution >= 0.6 is 12.4 Å². The third kappa shape index (κ3) is 6.38. The first-order chi connectivity index (χ1) is 13.2. The molecule has 0 spiro atoms. The molecule has 2 saturated heterocycles. The Labute approximate surface area is 172 Å². The molecule has 2 rings (SSSR count). The standard InChI is InChI=1S/C15H29NO12.ClH/c16-5(3-25-12-6(1-17)27-14(23)10(21)8(12)19)4-26-13-7(2-18)28-15(24)11(22)9(13)20;/h5-15,17-24H,1-4,16H2;1H/t5?,6-,7-,8-,9-,10+,11+,12-,13-,14?,15?;/m1./s1. The third-order valence-electron chi connectivity index (χ3n) is 4.68. The van der Waals surface area contributed by atoms with Crippen LogP contribution < -0.4 is 5.73 Å². The van der Waals surface area contributed by atoms with Gasteiger partial charge in [-0.1, -0.05) is 0 Å². The molecule has 0 bridgehead atoms. The fourth-order valence-corrected chi connectivity index (χ4v) is 3.06. The zero-order valence-corrected chi connectivity index (χ0v) is 16.2. The average Bonchev–Trinajstić information content (AvgIpc) is 2.68. The molecule has 10 atom stereocenters. The van der Waals surface area contributed by atoms with Crippen LogP contribution in [0.2, 0.25) is 0 Å². The van der Waals surface area contributed by atoms with Crippen molar-refractivity contribution in [3.8, 4) is 0 Å². The van der Waals surface area contributed by atoms with Crippen LogP contribution in [-0.4, -0.2) is 135 Å². The van der Waals surface area contributed by atoms with E-state index in [1.54, 1.807) is 0 Å². The van der Waals surface area contributed by atoms with Crippen molar-refractivity contribution in [2.24, 2.45) is 5.73 Å². The summed E-state index contributed by atoms with van der Waals surface area (Å²) in [6.45, 7) is -1.60. The topological polar surface area (TPSA) is 225 Å². The van der Waals surface area contributed by atoms with Crippen molar-refractivity contribution in [1.29, 1.82) is 0 Å². The summed E-state index contributed by atoms with van der Waals surface area (Å²) in [6.07, 6.45) is -14.2. The summed E-state index contributed by atoms with van der Waals surface area (Å²) >= 11 is 0. The van der Waals surface area contributed by atoms with Crippen molar-refractivity contribution >= 4 is 12.4 Å². The van der Waals surface area contributed by atoms with Crippen LogP contribution in [0.1, 0.15) is 0 Å². The maximum atomic E-state index is 9.98. The van der Waals surface area contributed by atoms with E-state index in [0.717, 1.165) is 0 Å². The van der Waals surface area contributed by atoms with E-state index >= 15 is 0 Å². The van der Waals surface area contributed by atoms with Gasteiger partial charge in [-0.15, -0.1) is 12.4 Å². The average molecular weight is 452 g/mol. The summed E-state index contributed by atoms with van der Waals surface area (Å²) < 4.78 is 20.7. The van der Waals surface area contributed by atoms with Gasteiger partial charge in [0.15, 0.2) is 12.6 Å². The molecule has 2 fully saturated rings. The molecular formula is C15H30ClNO12. The number of halogens is 1. The number of nitrogens with two attached hydrogens (primary N) is 1. The summed E-state index contributed by atoms with van der Waals surface area (Å²) in [5.74, 6) is 0. The Kier molecular flexibility index (Phi) is 11.1. The van der Waals surface area contributed by atoms with Gasteiger partial charge in [0, 0.05) is 0 Å². The summed E-state index contributed by atoms with van der Waals surface area (Å²) in [7, 11) is 0. The summed E-state index contributed by atoms with van der Waals surface area (Å²) in [6, 6.07) is -0.814. The second-order valence-electron chi connectivity index (χ2n) is 6.81. The van der Waals surface area contributed by atoms with Gasteiger partial charge in [0.2, 0.25) is 0 Å².